The predicted octanol–water partition coefficient (Wildman–Crippen LogP) is 2.76. The summed E-state index contributed by atoms with van der Waals surface area (Å²) in [7, 11) is 1.62. The Hall–Kier alpha value is -2.23. The molecule has 0 radical (unpaired) electrons. The minimum absolute atomic E-state index is 0.101. The Morgan fingerprint density at radius 1 is 1.35 bits per heavy atom. The quantitative estimate of drug-likeness (QED) is 0.827. The van der Waals surface area contributed by atoms with Gasteiger partial charge in [0.25, 0.3) is 0 Å². The number of benzene rings is 1. The van der Waals surface area contributed by atoms with Crippen LogP contribution in [0.25, 0.3) is 0 Å². The van der Waals surface area contributed by atoms with Gasteiger partial charge in [0.2, 0.25) is 0 Å². The minimum Gasteiger partial charge on any atom is -0.497 e. The second kappa shape index (κ2) is 6.28. The van der Waals surface area contributed by atoms with Gasteiger partial charge < -0.3 is 14.4 Å². The fourth-order valence-electron chi connectivity index (χ4n) is 2.04. The van der Waals surface area contributed by atoms with Crippen LogP contribution in [-0.4, -0.2) is 30.6 Å². The van der Waals surface area contributed by atoms with E-state index in [1.54, 1.807) is 14.0 Å². The van der Waals surface area contributed by atoms with Crippen molar-refractivity contribution in [1.82, 2.24) is 4.90 Å². The predicted molar refractivity (Wildman–Crippen MR) is 77.7 cm³/mol. The first-order valence-electron chi connectivity index (χ1n) is 6.51. The van der Waals surface area contributed by atoms with Gasteiger partial charge in [0.1, 0.15) is 17.3 Å². The summed E-state index contributed by atoms with van der Waals surface area (Å²) in [4.78, 5) is 13.2. The number of Topliss-reactive ketones (excluding diaryl/α,β-unsaturated/α-hetero) is 1. The zero-order valence-corrected chi connectivity index (χ0v) is 12.0. The van der Waals surface area contributed by atoms with E-state index < -0.39 is 0 Å². The molecule has 0 bridgehead atoms. The van der Waals surface area contributed by atoms with Crippen molar-refractivity contribution in [2.75, 3.05) is 13.7 Å². The molecular formula is C16H19NO3. The second-order valence-corrected chi connectivity index (χ2v) is 4.79. The molecule has 0 spiro atoms. The summed E-state index contributed by atoms with van der Waals surface area (Å²) >= 11 is 0. The van der Waals surface area contributed by atoms with Crippen molar-refractivity contribution in [1.29, 1.82) is 0 Å². The largest absolute Gasteiger partial charge is 0.497 e. The lowest BCUT2D eigenvalue weighted by Gasteiger charge is -2.31. The summed E-state index contributed by atoms with van der Waals surface area (Å²) in [6.07, 6.45) is 5.58. The van der Waals surface area contributed by atoms with E-state index in [9.17, 15) is 4.79 Å². The molecule has 0 aromatic heterocycles. The van der Waals surface area contributed by atoms with Crippen LogP contribution in [-0.2, 0) is 4.79 Å². The van der Waals surface area contributed by atoms with Crippen LogP contribution < -0.4 is 9.47 Å². The molecule has 1 aliphatic heterocycles. The number of hydrogen-bond donors (Lipinski definition) is 0. The third-order valence-corrected chi connectivity index (χ3v) is 2.92. The Kier molecular flexibility index (Phi) is 4.45. The minimum atomic E-state index is -0.283. The van der Waals surface area contributed by atoms with Crippen LogP contribution in [0, 0.1) is 0 Å². The molecule has 1 aliphatic rings. The maximum Gasteiger partial charge on any atom is 0.192 e. The summed E-state index contributed by atoms with van der Waals surface area (Å²) in [6, 6.07) is 7.43. The van der Waals surface area contributed by atoms with Crippen molar-refractivity contribution in [2.24, 2.45) is 0 Å². The maximum absolute atomic E-state index is 11.3. The van der Waals surface area contributed by atoms with Crippen molar-refractivity contribution in [3.8, 4) is 11.5 Å². The van der Waals surface area contributed by atoms with Crippen LogP contribution >= 0.6 is 0 Å². The average molecular weight is 273 g/mol. The molecule has 0 saturated carbocycles. The van der Waals surface area contributed by atoms with Crippen LogP contribution in [0.15, 0.2) is 48.2 Å². The van der Waals surface area contributed by atoms with Gasteiger partial charge in [-0.2, -0.15) is 0 Å². The highest BCUT2D eigenvalue weighted by Crippen LogP contribution is 2.23. The lowest BCUT2D eigenvalue weighted by molar-refractivity contribution is -0.118. The Morgan fingerprint density at radius 2 is 2.10 bits per heavy atom. The molecule has 0 amide bonds. The molecule has 2 rings (SSSR count). The number of carbonyl (C=O) groups excluding carboxylic acids is 1. The van der Waals surface area contributed by atoms with Crippen LogP contribution in [0.3, 0.4) is 0 Å². The lowest BCUT2D eigenvalue weighted by atomic mass is 10.2. The van der Waals surface area contributed by atoms with E-state index in [1.807, 2.05) is 54.4 Å². The highest BCUT2D eigenvalue weighted by Gasteiger charge is 2.19. The molecule has 0 N–H and O–H groups in total. The second-order valence-electron chi connectivity index (χ2n) is 4.79. The third-order valence-electron chi connectivity index (χ3n) is 2.92. The van der Waals surface area contributed by atoms with Gasteiger partial charge in [0, 0.05) is 12.3 Å². The van der Waals surface area contributed by atoms with E-state index in [4.69, 9.17) is 9.47 Å². The van der Waals surface area contributed by atoms with Crippen molar-refractivity contribution in [2.45, 2.75) is 20.1 Å². The summed E-state index contributed by atoms with van der Waals surface area (Å²) in [5.74, 6) is 1.55. The van der Waals surface area contributed by atoms with Crippen LogP contribution in [0.4, 0.5) is 0 Å². The van der Waals surface area contributed by atoms with Crippen molar-refractivity contribution in [3.05, 3.63) is 48.2 Å². The van der Waals surface area contributed by atoms with E-state index >= 15 is 0 Å². The first-order valence-corrected chi connectivity index (χ1v) is 6.51. The van der Waals surface area contributed by atoms with Crippen molar-refractivity contribution < 1.29 is 14.3 Å². The van der Waals surface area contributed by atoms with Crippen LogP contribution in [0.2, 0.25) is 0 Å². The molecule has 106 valence electrons. The number of allylic oxidation sites excluding steroid dienone is 2. The van der Waals surface area contributed by atoms with Gasteiger partial charge in [-0.15, -0.1) is 0 Å². The van der Waals surface area contributed by atoms with Gasteiger partial charge in [-0.25, -0.2) is 0 Å². The summed E-state index contributed by atoms with van der Waals surface area (Å²) in [5, 5.41) is 0. The smallest absolute Gasteiger partial charge is 0.192 e. The number of ether oxygens (including phenoxy) is 2. The number of carbonyl (C=O) groups is 1. The van der Waals surface area contributed by atoms with E-state index in [0.717, 1.165) is 11.3 Å². The number of nitrogens with zero attached hydrogens (tertiary/aromatic N) is 1. The van der Waals surface area contributed by atoms with E-state index in [1.165, 1.54) is 0 Å². The molecular weight excluding hydrogens is 254 g/mol. The molecule has 0 aliphatic carbocycles. The maximum atomic E-state index is 11.3. The van der Waals surface area contributed by atoms with Gasteiger partial charge in [0.15, 0.2) is 6.23 Å². The first kappa shape index (κ1) is 14.2. The molecule has 0 saturated heterocycles. The van der Waals surface area contributed by atoms with E-state index in [-0.39, 0.29) is 12.0 Å². The highest BCUT2D eigenvalue weighted by molar-refractivity contribution is 5.77. The van der Waals surface area contributed by atoms with E-state index in [2.05, 4.69) is 0 Å². The standard InChI is InChI=1S/C16H19NO3/c1-12-7-8-16(17(10-12)11-13(2)18)20-15-6-4-5-14(9-15)19-3/h4-10,16H,11H2,1-3H3. The van der Waals surface area contributed by atoms with Gasteiger partial charge in [-0.3, -0.25) is 4.79 Å². The number of methoxy groups -OCH3 is 1. The molecule has 1 atom stereocenters. The highest BCUT2D eigenvalue weighted by atomic mass is 16.5. The lowest BCUT2D eigenvalue weighted by Crippen LogP contribution is -2.38. The molecule has 4 nitrogen and oxygen atoms in total. The zero-order chi connectivity index (χ0) is 14.5. The Labute approximate surface area is 119 Å². The summed E-state index contributed by atoms with van der Waals surface area (Å²) in [5.41, 5.74) is 1.09. The van der Waals surface area contributed by atoms with E-state index in [0.29, 0.717) is 12.3 Å². The molecule has 4 heteroatoms. The molecule has 1 aromatic rings. The zero-order valence-electron chi connectivity index (χ0n) is 12.0. The Balaban J connectivity index is 2.13. The third kappa shape index (κ3) is 3.63. The Bertz CT molecular complexity index is 548. The first-order chi connectivity index (χ1) is 9.58. The molecule has 0 fully saturated rings. The SMILES string of the molecule is COc1cccc(OC2C=CC(C)=CN2CC(C)=O)c1. The monoisotopic (exact) mass is 273 g/mol. The number of rotatable bonds is 5. The molecule has 1 unspecified atom stereocenters. The normalized spacial score (nSPS) is 17.6. The summed E-state index contributed by atoms with van der Waals surface area (Å²) in [6.45, 7) is 3.89. The number of hydrogen-bond acceptors (Lipinski definition) is 4. The van der Waals surface area contributed by atoms with Crippen molar-refractivity contribution >= 4 is 5.78 Å². The van der Waals surface area contributed by atoms with Gasteiger partial charge in [-0.05, 0) is 37.6 Å². The fourth-order valence-corrected chi connectivity index (χ4v) is 2.04. The van der Waals surface area contributed by atoms with Gasteiger partial charge in [0.05, 0.1) is 13.7 Å². The topological polar surface area (TPSA) is 38.8 Å². The van der Waals surface area contributed by atoms with Crippen LogP contribution in [0.1, 0.15) is 13.8 Å². The molecule has 20 heavy (non-hydrogen) atoms. The summed E-state index contributed by atoms with van der Waals surface area (Å²) < 4.78 is 11.1. The van der Waals surface area contributed by atoms with Gasteiger partial charge in [-0.1, -0.05) is 12.1 Å². The Morgan fingerprint density at radius 3 is 2.80 bits per heavy atom. The molecule has 1 aromatic carbocycles. The number of ketones is 1. The average Bonchev–Trinajstić information content (AvgIpc) is 2.41. The van der Waals surface area contributed by atoms with Gasteiger partial charge >= 0.3 is 0 Å². The van der Waals surface area contributed by atoms with Crippen LogP contribution in [0.5, 0.6) is 11.5 Å². The van der Waals surface area contributed by atoms with Crippen molar-refractivity contribution in [3.63, 3.8) is 0 Å². The fraction of sp³-hybridized carbons (Fsp3) is 0.312. The molecule has 1 heterocycles.